The van der Waals surface area contributed by atoms with Crippen molar-refractivity contribution in [3.05, 3.63) is 65.0 Å². The molecule has 0 fully saturated rings. The molecule has 9 heteroatoms. The molecule has 0 atom stereocenters. The number of aryl methyl sites for hydroxylation is 1. The van der Waals surface area contributed by atoms with Crippen LogP contribution in [0.2, 0.25) is 0 Å². The summed E-state index contributed by atoms with van der Waals surface area (Å²) in [6.07, 6.45) is 5.67. The molecule has 0 amide bonds. The van der Waals surface area contributed by atoms with E-state index in [1.54, 1.807) is 36.2 Å². The molecule has 0 bridgehead atoms. The van der Waals surface area contributed by atoms with Crippen molar-refractivity contribution in [2.24, 2.45) is 0 Å². The van der Waals surface area contributed by atoms with E-state index in [-0.39, 0.29) is 18.1 Å². The summed E-state index contributed by atoms with van der Waals surface area (Å²) in [4.78, 5) is 13.2. The molecular weight excluding hydrogens is 411 g/mol. The number of hydrogen-bond donors (Lipinski definition) is 1. The Bertz CT molecular complexity index is 1390. The lowest BCUT2D eigenvalue weighted by atomic mass is 10.0. The van der Waals surface area contributed by atoms with Crippen LogP contribution in [0.15, 0.2) is 36.8 Å². The number of aromatic nitrogens is 4. The van der Waals surface area contributed by atoms with Crippen LogP contribution in [-0.4, -0.2) is 33.1 Å². The molecule has 0 saturated carbocycles. The van der Waals surface area contributed by atoms with Gasteiger partial charge >= 0.3 is 0 Å². The summed E-state index contributed by atoms with van der Waals surface area (Å²) in [7, 11) is 1.55. The molecule has 1 N–H and O–H groups in total. The molecule has 3 aromatic heterocycles. The van der Waals surface area contributed by atoms with Gasteiger partial charge in [-0.3, -0.25) is 4.40 Å². The number of nitrogens with zero attached hydrogens (tertiary/aromatic N) is 5. The lowest BCUT2D eigenvalue weighted by Crippen LogP contribution is -2.10. The van der Waals surface area contributed by atoms with Gasteiger partial charge in [0.1, 0.15) is 17.6 Å². The topological polar surface area (TPSA) is 97.4 Å². The Kier molecular flexibility index (Phi) is 4.82. The Hall–Kier alpha value is -4.19. The van der Waals surface area contributed by atoms with Crippen LogP contribution < -0.4 is 14.8 Å². The highest BCUT2D eigenvalue weighted by Gasteiger charge is 2.20. The summed E-state index contributed by atoms with van der Waals surface area (Å²) in [5.41, 5.74) is 4.72. The predicted octanol–water partition coefficient (Wildman–Crippen LogP) is 3.67. The predicted molar refractivity (Wildman–Crippen MR) is 115 cm³/mol. The highest BCUT2D eigenvalue weighted by atomic mass is 19.1. The first-order valence-corrected chi connectivity index (χ1v) is 10.0. The van der Waals surface area contributed by atoms with E-state index in [0.29, 0.717) is 41.8 Å². The molecule has 8 nitrogen and oxygen atoms in total. The van der Waals surface area contributed by atoms with Gasteiger partial charge in [-0.2, -0.15) is 5.26 Å². The fourth-order valence-corrected chi connectivity index (χ4v) is 3.93. The number of pyridine rings is 1. The minimum absolute atomic E-state index is 0.224. The number of imidazole rings is 1. The Labute approximate surface area is 183 Å². The van der Waals surface area contributed by atoms with E-state index in [1.165, 1.54) is 6.07 Å². The van der Waals surface area contributed by atoms with Gasteiger partial charge in [0.2, 0.25) is 11.8 Å². The molecule has 0 spiro atoms. The summed E-state index contributed by atoms with van der Waals surface area (Å²) in [5, 5.41) is 12.6. The van der Waals surface area contributed by atoms with Crippen LogP contribution in [0, 0.1) is 24.1 Å². The van der Waals surface area contributed by atoms with Gasteiger partial charge in [0.15, 0.2) is 11.3 Å². The van der Waals surface area contributed by atoms with E-state index < -0.39 is 0 Å². The highest BCUT2D eigenvalue weighted by molar-refractivity contribution is 5.80. The maximum atomic E-state index is 14.5. The molecule has 4 heterocycles. The van der Waals surface area contributed by atoms with Crippen molar-refractivity contribution >= 4 is 11.6 Å². The molecular formula is C23H19FN6O2. The largest absolute Gasteiger partial charge is 0.493 e. The number of benzene rings is 1. The van der Waals surface area contributed by atoms with Gasteiger partial charge in [-0.1, -0.05) is 0 Å². The molecule has 5 rings (SSSR count). The number of hydrogen-bond acceptors (Lipinski definition) is 7. The monoisotopic (exact) mass is 430 g/mol. The SMILES string of the molecule is COc1cc(-c2cnc(NCc3c(F)ccc4c3CCO4)n3cc(C#N)nc23)c(C)cn1. The van der Waals surface area contributed by atoms with Crippen molar-refractivity contribution in [2.45, 2.75) is 19.9 Å². The summed E-state index contributed by atoms with van der Waals surface area (Å²) in [6.45, 7) is 2.70. The minimum Gasteiger partial charge on any atom is -0.493 e. The minimum atomic E-state index is -0.294. The van der Waals surface area contributed by atoms with Crippen LogP contribution in [-0.2, 0) is 13.0 Å². The molecule has 1 aromatic carbocycles. The van der Waals surface area contributed by atoms with Crippen LogP contribution in [0.1, 0.15) is 22.4 Å². The van der Waals surface area contributed by atoms with Gasteiger partial charge in [-0.05, 0) is 30.2 Å². The van der Waals surface area contributed by atoms with Crippen LogP contribution in [0.3, 0.4) is 0 Å². The fourth-order valence-electron chi connectivity index (χ4n) is 3.93. The molecule has 0 radical (unpaired) electrons. The maximum absolute atomic E-state index is 14.5. The van der Waals surface area contributed by atoms with Crippen LogP contribution in [0.25, 0.3) is 16.8 Å². The number of nitriles is 1. The van der Waals surface area contributed by atoms with Crippen molar-refractivity contribution in [1.29, 1.82) is 5.26 Å². The third kappa shape index (κ3) is 3.26. The second kappa shape index (κ2) is 7.81. The lowest BCUT2D eigenvalue weighted by molar-refractivity contribution is 0.356. The number of methoxy groups -OCH3 is 1. The summed E-state index contributed by atoms with van der Waals surface area (Å²) in [5.74, 6) is 1.34. The Morgan fingerprint density at radius 2 is 2.16 bits per heavy atom. The van der Waals surface area contributed by atoms with Crippen molar-refractivity contribution in [2.75, 3.05) is 19.0 Å². The van der Waals surface area contributed by atoms with E-state index >= 15 is 0 Å². The Morgan fingerprint density at radius 1 is 1.28 bits per heavy atom. The maximum Gasteiger partial charge on any atom is 0.213 e. The standard InChI is InChI=1S/C23H19FN6O2/c1-13-9-26-21(31-2)7-16(13)18-11-28-23(30-12-14(8-25)29-22(18)30)27-10-17-15-5-6-32-20(15)4-3-19(17)24/h3-4,7,9,11-12H,5-6,10H2,1-2H3,(H,27,28). The zero-order valence-electron chi connectivity index (χ0n) is 17.5. The molecule has 0 aliphatic carbocycles. The zero-order chi connectivity index (χ0) is 22.2. The van der Waals surface area contributed by atoms with Crippen molar-refractivity contribution in [3.8, 4) is 28.8 Å². The van der Waals surface area contributed by atoms with Crippen molar-refractivity contribution in [1.82, 2.24) is 19.4 Å². The third-order valence-electron chi connectivity index (χ3n) is 5.55. The molecule has 0 saturated heterocycles. The summed E-state index contributed by atoms with van der Waals surface area (Å²) in [6, 6.07) is 6.96. The number of fused-ring (bicyclic) bond motifs is 2. The van der Waals surface area contributed by atoms with Gasteiger partial charge < -0.3 is 14.8 Å². The Morgan fingerprint density at radius 3 is 2.97 bits per heavy atom. The normalized spacial score (nSPS) is 12.3. The van der Waals surface area contributed by atoms with Gasteiger partial charge in [-0.25, -0.2) is 19.3 Å². The van der Waals surface area contributed by atoms with Gasteiger partial charge in [-0.15, -0.1) is 0 Å². The van der Waals surface area contributed by atoms with Crippen LogP contribution >= 0.6 is 0 Å². The van der Waals surface area contributed by atoms with E-state index in [2.05, 4.69) is 26.3 Å². The molecule has 1 aliphatic rings. The van der Waals surface area contributed by atoms with Crippen molar-refractivity contribution < 1.29 is 13.9 Å². The smallest absolute Gasteiger partial charge is 0.213 e. The lowest BCUT2D eigenvalue weighted by Gasteiger charge is -2.14. The number of ether oxygens (including phenoxy) is 2. The third-order valence-corrected chi connectivity index (χ3v) is 5.55. The fraction of sp³-hybridized carbons (Fsp3) is 0.217. The highest BCUT2D eigenvalue weighted by Crippen LogP contribution is 2.32. The second-order valence-corrected chi connectivity index (χ2v) is 7.42. The molecule has 0 unspecified atom stereocenters. The van der Waals surface area contributed by atoms with Crippen molar-refractivity contribution in [3.63, 3.8) is 0 Å². The average Bonchev–Trinajstić information content (AvgIpc) is 3.46. The number of halogens is 1. The van der Waals surface area contributed by atoms with E-state index in [1.807, 2.05) is 13.0 Å². The van der Waals surface area contributed by atoms with Crippen LogP contribution in [0.5, 0.6) is 11.6 Å². The summed E-state index contributed by atoms with van der Waals surface area (Å²) < 4.78 is 27.0. The first kappa shape index (κ1) is 19.8. The molecule has 1 aliphatic heterocycles. The second-order valence-electron chi connectivity index (χ2n) is 7.42. The number of nitrogens with one attached hydrogen (secondary N) is 1. The van der Waals surface area contributed by atoms with E-state index in [4.69, 9.17) is 9.47 Å². The molecule has 32 heavy (non-hydrogen) atoms. The number of anilines is 1. The number of rotatable bonds is 5. The molecule has 160 valence electrons. The average molecular weight is 430 g/mol. The zero-order valence-corrected chi connectivity index (χ0v) is 17.5. The van der Waals surface area contributed by atoms with Gasteiger partial charge in [0.25, 0.3) is 0 Å². The molecule has 4 aromatic rings. The van der Waals surface area contributed by atoms with E-state index in [9.17, 15) is 9.65 Å². The quantitative estimate of drug-likeness (QED) is 0.516. The first-order chi connectivity index (χ1) is 15.6. The van der Waals surface area contributed by atoms with Crippen LogP contribution in [0.4, 0.5) is 10.3 Å². The van der Waals surface area contributed by atoms with Gasteiger partial charge in [0.05, 0.1) is 19.9 Å². The Balaban J connectivity index is 1.57. The van der Waals surface area contributed by atoms with Gasteiger partial charge in [0, 0.05) is 48.1 Å². The summed E-state index contributed by atoms with van der Waals surface area (Å²) >= 11 is 0. The first-order valence-electron chi connectivity index (χ1n) is 10.0. The van der Waals surface area contributed by atoms with E-state index in [0.717, 1.165) is 22.3 Å².